The topological polar surface area (TPSA) is 159 Å². The number of fused-ring (bicyclic) bond motifs is 1. The van der Waals surface area contributed by atoms with Crippen molar-refractivity contribution in [3.05, 3.63) is 70.9 Å². The smallest absolute Gasteiger partial charge is 0.294 e. The molecule has 2 aromatic carbocycles. The predicted octanol–water partition coefficient (Wildman–Crippen LogP) is 5.54. The summed E-state index contributed by atoms with van der Waals surface area (Å²) >= 11 is 0. The molecule has 3 N–H and O–H groups in total. The zero-order chi connectivity index (χ0) is 31.6. The Bertz CT molecular complexity index is 1860. The zero-order valence-electron chi connectivity index (χ0n) is 25.6. The molecule has 2 aliphatic rings. The van der Waals surface area contributed by atoms with Crippen molar-refractivity contribution in [3.8, 4) is 28.4 Å². The number of methoxy groups -OCH3 is 1. The quantitative estimate of drug-likeness (QED) is 0.132. The van der Waals surface area contributed by atoms with Crippen LogP contribution >= 0.6 is 0 Å². The number of ether oxygens (including phenoxy) is 1. The monoisotopic (exact) mass is 624 g/mol. The summed E-state index contributed by atoms with van der Waals surface area (Å²) in [6.07, 6.45) is 8.05. The van der Waals surface area contributed by atoms with E-state index >= 15 is 0 Å². The second-order valence-electron chi connectivity index (χ2n) is 11.7. The van der Waals surface area contributed by atoms with Crippen molar-refractivity contribution >= 4 is 34.0 Å². The summed E-state index contributed by atoms with van der Waals surface area (Å²) in [5.74, 6) is 1.29. The summed E-state index contributed by atoms with van der Waals surface area (Å²) in [5.41, 5.74) is 4.33. The fourth-order valence-corrected chi connectivity index (χ4v) is 6.62. The lowest BCUT2D eigenvalue weighted by Crippen LogP contribution is -2.44. The standard InChI is InChI=1S/C33H36N8O5/c1-45-29-20-26(40-14-7-23(8-15-40)39-12-2-3-13-39)27(41(43)44)19-25(29)36-33-34-11-6-24(35-33)32-31(37-30(38-32)9-16-42)22-5-4-21-10-17-46-28(21)18-22/h4-6,10-11,17-20,23,42H,2-3,7-9,12-16H2,1H3,(H,37,38)(H,34,35,36). The van der Waals surface area contributed by atoms with Gasteiger partial charge in [0.15, 0.2) is 0 Å². The number of aromatic nitrogens is 4. The van der Waals surface area contributed by atoms with Gasteiger partial charge < -0.3 is 34.4 Å². The Morgan fingerprint density at radius 3 is 2.70 bits per heavy atom. The van der Waals surface area contributed by atoms with E-state index in [-0.39, 0.29) is 23.2 Å². The summed E-state index contributed by atoms with van der Waals surface area (Å²) in [7, 11) is 1.54. The van der Waals surface area contributed by atoms with Crippen LogP contribution < -0.4 is 15.0 Å². The van der Waals surface area contributed by atoms with E-state index in [4.69, 9.17) is 19.1 Å². The molecule has 0 atom stereocenters. The third-order valence-corrected chi connectivity index (χ3v) is 8.94. The first-order valence-electron chi connectivity index (χ1n) is 15.6. The van der Waals surface area contributed by atoms with E-state index in [1.165, 1.54) is 18.9 Å². The van der Waals surface area contributed by atoms with Crippen molar-refractivity contribution in [2.24, 2.45) is 0 Å². The number of hydrogen-bond acceptors (Lipinski definition) is 11. The van der Waals surface area contributed by atoms with Gasteiger partial charge in [0.05, 0.1) is 47.7 Å². The number of H-pyrrole nitrogens is 1. The lowest BCUT2D eigenvalue weighted by molar-refractivity contribution is -0.384. The number of nitro benzene ring substituents is 1. The average Bonchev–Trinajstić information content (AvgIpc) is 3.86. The lowest BCUT2D eigenvalue weighted by Gasteiger charge is -2.37. The number of rotatable bonds is 10. The van der Waals surface area contributed by atoms with Gasteiger partial charge in [-0.3, -0.25) is 10.1 Å². The molecule has 0 spiro atoms. The molecule has 46 heavy (non-hydrogen) atoms. The zero-order valence-corrected chi connectivity index (χ0v) is 25.6. The molecular weight excluding hydrogens is 588 g/mol. The number of aromatic amines is 1. The molecule has 0 radical (unpaired) electrons. The third-order valence-electron chi connectivity index (χ3n) is 8.94. The van der Waals surface area contributed by atoms with Crippen molar-refractivity contribution in [1.82, 2.24) is 24.8 Å². The summed E-state index contributed by atoms with van der Waals surface area (Å²) in [4.78, 5) is 33.8. The summed E-state index contributed by atoms with van der Waals surface area (Å²) in [5, 5.41) is 26.0. The first kappa shape index (κ1) is 29.7. The first-order chi connectivity index (χ1) is 22.5. The van der Waals surface area contributed by atoms with Gasteiger partial charge >= 0.3 is 0 Å². The van der Waals surface area contributed by atoms with Crippen LogP contribution in [0.25, 0.3) is 33.6 Å². The molecule has 5 heterocycles. The molecule has 3 aromatic heterocycles. The van der Waals surface area contributed by atoms with Gasteiger partial charge in [-0.2, -0.15) is 0 Å². The highest BCUT2D eigenvalue weighted by atomic mass is 16.6. The summed E-state index contributed by atoms with van der Waals surface area (Å²) < 4.78 is 11.3. The van der Waals surface area contributed by atoms with Crippen LogP contribution in [0.4, 0.5) is 23.0 Å². The Balaban J connectivity index is 1.18. The molecule has 2 saturated heterocycles. The minimum absolute atomic E-state index is 0.00288. The first-order valence-corrected chi connectivity index (χ1v) is 15.6. The molecule has 2 aliphatic heterocycles. The lowest BCUT2D eigenvalue weighted by atomic mass is 10.0. The molecule has 0 amide bonds. The van der Waals surface area contributed by atoms with E-state index in [0.29, 0.717) is 52.5 Å². The van der Waals surface area contributed by atoms with Crippen LogP contribution in [0.2, 0.25) is 0 Å². The average molecular weight is 625 g/mol. The molecule has 0 bridgehead atoms. The number of aliphatic hydroxyl groups is 1. The van der Waals surface area contributed by atoms with Crippen molar-refractivity contribution < 1.29 is 19.2 Å². The van der Waals surface area contributed by atoms with Gasteiger partial charge in [0.2, 0.25) is 5.95 Å². The Kier molecular flexibility index (Phi) is 8.24. The molecular formula is C33H36N8O5. The number of imidazole rings is 1. The van der Waals surface area contributed by atoms with Crippen LogP contribution in [0.3, 0.4) is 0 Å². The van der Waals surface area contributed by atoms with Gasteiger partial charge in [-0.1, -0.05) is 12.1 Å². The van der Waals surface area contributed by atoms with Gasteiger partial charge in [0.25, 0.3) is 5.69 Å². The van der Waals surface area contributed by atoms with Crippen molar-refractivity contribution in [2.75, 3.05) is 50.1 Å². The minimum atomic E-state index is -0.348. The van der Waals surface area contributed by atoms with Crippen LogP contribution in [-0.4, -0.2) is 80.8 Å². The number of aliphatic hydroxyl groups excluding tert-OH is 1. The van der Waals surface area contributed by atoms with Crippen LogP contribution in [0.15, 0.2) is 59.3 Å². The SMILES string of the molecule is COc1cc(N2CCC(N3CCCC3)CC2)c([N+](=O)[O-])cc1Nc1nccc(-c2[nH]c(CCO)nc2-c2ccc3ccoc3c2)n1. The van der Waals surface area contributed by atoms with E-state index in [9.17, 15) is 15.2 Å². The van der Waals surface area contributed by atoms with Gasteiger partial charge in [0.1, 0.15) is 22.8 Å². The number of hydrogen-bond donors (Lipinski definition) is 3. The molecule has 0 saturated carbocycles. The molecule has 13 nitrogen and oxygen atoms in total. The molecule has 5 aromatic rings. The molecule has 13 heteroatoms. The Labute approximate surface area is 265 Å². The molecule has 2 fully saturated rings. The van der Waals surface area contributed by atoms with Crippen LogP contribution in [0, 0.1) is 10.1 Å². The van der Waals surface area contributed by atoms with Gasteiger partial charge in [-0.15, -0.1) is 0 Å². The fourth-order valence-electron chi connectivity index (χ4n) is 6.62. The summed E-state index contributed by atoms with van der Waals surface area (Å²) in [6, 6.07) is 13.3. The Morgan fingerprint density at radius 1 is 1.11 bits per heavy atom. The van der Waals surface area contributed by atoms with E-state index in [2.05, 4.69) is 25.1 Å². The minimum Gasteiger partial charge on any atom is -0.494 e. The maximum atomic E-state index is 12.3. The van der Waals surface area contributed by atoms with E-state index in [1.807, 2.05) is 24.3 Å². The van der Waals surface area contributed by atoms with Gasteiger partial charge in [0, 0.05) is 54.8 Å². The maximum Gasteiger partial charge on any atom is 0.294 e. The van der Waals surface area contributed by atoms with Crippen LogP contribution in [0.5, 0.6) is 5.75 Å². The van der Waals surface area contributed by atoms with Crippen LogP contribution in [0.1, 0.15) is 31.5 Å². The second kappa shape index (κ2) is 12.8. The van der Waals surface area contributed by atoms with E-state index < -0.39 is 0 Å². The highest BCUT2D eigenvalue weighted by Gasteiger charge is 2.30. The van der Waals surface area contributed by atoms with E-state index in [0.717, 1.165) is 55.6 Å². The normalized spacial score (nSPS) is 15.9. The van der Waals surface area contributed by atoms with Crippen molar-refractivity contribution in [2.45, 2.75) is 38.1 Å². The molecule has 0 unspecified atom stereocenters. The van der Waals surface area contributed by atoms with Gasteiger partial charge in [-0.05, 0) is 57.0 Å². The number of nitrogens with one attached hydrogen (secondary N) is 2. The maximum absolute atomic E-state index is 12.3. The number of anilines is 3. The number of furan rings is 1. The third kappa shape index (κ3) is 5.86. The van der Waals surface area contributed by atoms with Crippen LogP contribution in [-0.2, 0) is 6.42 Å². The van der Waals surface area contributed by atoms with Crippen molar-refractivity contribution in [3.63, 3.8) is 0 Å². The highest BCUT2D eigenvalue weighted by Crippen LogP contribution is 2.41. The highest BCUT2D eigenvalue weighted by molar-refractivity contribution is 5.86. The number of likely N-dealkylation sites (tertiary alicyclic amines) is 1. The summed E-state index contributed by atoms with van der Waals surface area (Å²) in [6.45, 7) is 3.73. The number of benzene rings is 2. The molecule has 238 valence electrons. The van der Waals surface area contributed by atoms with E-state index in [1.54, 1.807) is 31.7 Å². The molecule has 0 aliphatic carbocycles. The number of nitrogens with zero attached hydrogens (tertiary/aromatic N) is 6. The van der Waals surface area contributed by atoms with Gasteiger partial charge in [-0.25, -0.2) is 15.0 Å². The largest absolute Gasteiger partial charge is 0.494 e. The van der Waals surface area contributed by atoms with Crippen molar-refractivity contribution in [1.29, 1.82) is 0 Å². The number of nitro groups is 1. The molecule has 7 rings (SSSR count). The number of piperidine rings is 1. The second-order valence-corrected chi connectivity index (χ2v) is 11.7. The predicted molar refractivity (Wildman–Crippen MR) is 175 cm³/mol. The Hall–Kier alpha value is -5.01. The Morgan fingerprint density at radius 2 is 1.93 bits per heavy atom. The fraction of sp³-hybridized carbons (Fsp3) is 0.364.